The molecule has 0 aliphatic carbocycles. The van der Waals surface area contributed by atoms with Crippen LogP contribution in [0.1, 0.15) is 15.9 Å². The summed E-state index contributed by atoms with van der Waals surface area (Å²) in [4.78, 5) is 11.1. The van der Waals surface area contributed by atoms with Gasteiger partial charge >= 0.3 is 5.97 Å². The van der Waals surface area contributed by atoms with E-state index in [1.807, 2.05) is 4.72 Å². The number of benzene rings is 1. The van der Waals surface area contributed by atoms with Crippen LogP contribution in [0.25, 0.3) is 0 Å². The molecule has 1 aromatic heterocycles. The van der Waals surface area contributed by atoms with Crippen molar-refractivity contribution in [2.45, 2.75) is 11.8 Å². The normalized spacial score (nSPS) is 11.3. The first-order chi connectivity index (χ1) is 9.33. The SMILES string of the molecule is Cc1ccc(F)c(NS(=O)(=O)c2ccsc2)c1C(=O)O. The van der Waals surface area contributed by atoms with E-state index in [1.54, 1.807) is 5.38 Å². The molecule has 5 nitrogen and oxygen atoms in total. The molecule has 0 saturated heterocycles. The summed E-state index contributed by atoms with van der Waals surface area (Å²) in [7, 11) is -4.01. The molecule has 0 fully saturated rings. The average Bonchev–Trinajstić information content (AvgIpc) is 2.87. The summed E-state index contributed by atoms with van der Waals surface area (Å²) in [5.41, 5.74) is -0.686. The minimum Gasteiger partial charge on any atom is -0.478 e. The fraction of sp³-hybridized carbons (Fsp3) is 0.0833. The van der Waals surface area contributed by atoms with Gasteiger partial charge in [0, 0.05) is 5.38 Å². The van der Waals surface area contributed by atoms with Crippen molar-refractivity contribution >= 4 is 33.0 Å². The second kappa shape index (κ2) is 5.22. The van der Waals surface area contributed by atoms with E-state index >= 15 is 0 Å². The Bertz CT molecular complexity index is 754. The Morgan fingerprint density at radius 3 is 2.60 bits per heavy atom. The summed E-state index contributed by atoms with van der Waals surface area (Å²) in [6.45, 7) is 1.46. The van der Waals surface area contributed by atoms with E-state index in [-0.39, 0.29) is 10.5 Å². The summed E-state index contributed by atoms with van der Waals surface area (Å²) in [5, 5.41) is 12.0. The zero-order valence-electron chi connectivity index (χ0n) is 10.3. The predicted molar refractivity (Wildman–Crippen MR) is 73.2 cm³/mol. The number of carboxylic acids is 1. The number of rotatable bonds is 4. The van der Waals surface area contributed by atoms with Gasteiger partial charge in [-0.2, -0.15) is 11.3 Å². The Kier molecular flexibility index (Phi) is 3.78. The van der Waals surface area contributed by atoms with E-state index in [1.165, 1.54) is 35.8 Å². The van der Waals surface area contributed by atoms with Gasteiger partial charge in [-0.1, -0.05) is 6.07 Å². The van der Waals surface area contributed by atoms with E-state index < -0.39 is 33.1 Å². The van der Waals surface area contributed by atoms with Gasteiger partial charge < -0.3 is 5.11 Å². The molecule has 0 unspecified atom stereocenters. The molecule has 0 radical (unpaired) electrons. The van der Waals surface area contributed by atoms with Gasteiger partial charge in [0.1, 0.15) is 5.82 Å². The van der Waals surface area contributed by atoms with Gasteiger partial charge in [0.2, 0.25) is 0 Å². The smallest absolute Gasteiger partial charge is 0.338 e. The van der Waals surface area contributed by atoms with Crippen molar-refractivity contribution in [1.29, 1.82) is 0 Å². The van der Waals surface area contributed by atoms with Crippen molar-refractivity contribution in [3.8, 4) is 0 Å². The minimum absolute atomic E-state index is 0.0419. The summed E-state index contributed by atoms with van der Waals surface area (Å²) in [6, 6.07) is 3.65. The molecule has 2 N–H and O–H groups in total. The van der Waals surface area contributed by atoms with Gasteiger partial charge in [0.05, 0.1) is 16.1 Å². The third kappa shape index (κ3) is 2.66. The monoisotopic (exact) mass is 315 g/mol. The van der Waals surface area contributed by atoms with Crippen molar-refractivity contribution < 1.29 is 22.7 Å². The number of aryl methyl sites for hydroxylation is 1. The average molecular weight is 315 g/mol. The van der Waals surface area contributed by atoms with Gasteiger partial charge in [-0.3, -0.25) is 4.72 Å². The largest absolute Gasteiger partial charge is 0.478 e. The molecular formula is C12H10FNO4S2. The van der Waals surface area contributed by atoms with Gasteiger partial charge in [0.15, 0.2) is 0 Å². The summed E-state index contributed by atoms with van der Waals surface area (Å²) in [5.74, 6) is -2.34. The first-order valence-corrected chi connectivity index (χ1v) is 7.83. The van der Waals surface area contributed by atoms with E-state index in [2.05, 4.69) is 0 Å². The predicted octanol–water partition coefficient (Wildman–Crippen LogP) is 2.69. The molecule has 0 bridgehead atoms. The van der Waals surface area contributed by atoms with E-state index in [9.17, 15) is 17.6 Å². The van der Waals surface area contributed by atoms with Crippen LogP contribution in [0.2, 0.25) is 0 Å². The Hall–Kier alpha value is -1.93. The van der Waals surface area contributed by atoms with Crippen LogP contribution in [0.4, 0.5) is 10.1 Å². The fourth-order valence-electron chi connectivity index (χ4n) is 1.65. The summed E-state index contributed by atoms with van der Waals surface area (Å²) in [6.07, 6.45) is 0. The zero-order chi connectivity index (χ0) is 14.9. The molecule has 0 aliphatic rings. The van der Waals surface area contributed by atoms with Crippen molar-refractivity contribution in [3.05, 3.63) is 45.9 Å². The van der Waals surface area contributed by atoms with E-state index in [0.717, 1.165) is 6.07 Å². The lowest BCUT2D eigenvalue weighted by atomic mass is 10.1. The van der Waals surface area contributed by atoms with E-state index in [0.29, 0.717) is 0 Å². The number of nitrogens with one attached hydrogen (secondary N) is 1. The maximum Gasteiger partial charge on any atom is 0.338 e. The highest BCUT2D eigenvalue weighted by molar-refractivity contribution is 7.92. The van der Waals surface area contributed by atoms with Crippen LogP contribution < -0.4 is 4.72 Å². The number of carbonyl (C=O) groups is 1. The van der Waals surface area contributed by atoms with Crippen molar-refractivity contribution in [3.63, 3.8) is 0 Å². The van der Waals surface area contributed by atoms with Crippen LogP contribution in [0, 0.1) is 12.7 Å². The number of thiophene rings is 1. The molecule has 0 aliphatic heterocycles. The number of hydrogen-bond acceptors (Lipinski definition) is 4. The third-order valence-corrected chi connectivity index (χ3v) is 4.80. The number of sulfonamides is 1. The Morgan fingerprint density at radius 1 is 1.35 bits per heavy atom. The molecule has 20 heavy (non-hydrogen) atoms. The standard InChI is InChI=1S/C12H10FNO4S2/c1-7-2-3-9(13)11(10(7)12(15)16)14-20(17,18)8-4-5-19-6-8/h2-6,14H,1H3,(H,15,16). The molecule has 8 heteroatoms. The minimum atomic E-state index is -4.01. The topological polar surface area (TPSA) is 83.5 Å². The Morgan fingerprint density at radius 2 is 2.05 bits per heavy atom. The first-order valence-electron chi connectivity index (χ1n) is 5.40. The lowest BCUT2D eigenvalue weighted by Crippen LogP contribution is -2.17. The van der Waals surface area contributed by atoms with Gasteiger partial charge in [-0.05, 0) is 30.0 Å². The molecule has 2 rings (SSSR count). The molecule has 0 spiro atoms. The van der Waals surface area contributed by atoms with Gasteiger partial charge in [-0.25, -0.2) is 17.6 Å². The molecule has 1 aromatic carbocycles. The highest BCUT2D eigenvalue weighted by atomic mass is 32.2. The molecule has 1 heterocycles. The number of hydrogen-bond donors (Lipinski definition) is 2. The van der Waals surface area contributed by atoms with Crippen molar-refractivity contribution in [1.82, 2.24) is 0 Å². The molecular weight excluding hydrogens is 305 g/mol. The zero-order valence-corrected chi connectivity index (χ0v) is 11.9. The first kappa shape index (κ1) is 14.5. The second-order valence-corrected chi connectivity index (χ2v) is 6.45. The van der Waals surface area contributed by atoms with Crippen LogP contribution in [-0.4, -0.2) is 19.5 Å². The fourth-order valence-corrected chi connectivity index (χ4v) is 3.76. The lowest BCUT2D eigenvalue weighted by Gasteiger charge is -2.12. The maximum absolute atomic E-state index is 13.8. The molecule has 106 valence electrons. The highest BCUT2D eigenvalue weighted by Crippen LogP contribution is 2.27. The second-order valence-electron chi connectivity index (χ2n) is 3.98. The molecule has 0 atom stereocenters. The van der Waals surface area contributed by atoms with Crippen molar-refractivity contribution in [2.24, 2.45) is 0 Å². The molecule has 2 aromatic rings. The van der Waals surface area contributed by atoms with Crippen molar-refractivity contribution in [2.75, 3.05) is 4.72 Å². The number of halogens is 1. The van der Waals surface area contributed by atoms with E-state index in [4.69, 9.17) is 5.11 Å². The number of aromatic carboxylic acids is 1. The summed E-state index contributed by atoms with van der Waals surface area (Å²) >= 11 is 1.17. The number of anilines is 1. The molecule has 0 amide bonds. The van der Waals surface area contributed by atoms with Gasteiger partial charge in [-0.15, -0.1) is 0 Å². The van der Waals surface area contributed by atoms with Crippen LogP contribution in [0.5, 0.6) is 0 Å². The Labute approximate surface area is 118 Å². The summed E-state index contributed by atoms with van der Waals surface area (Å²) < 4.78 is 39.9. The number of carboxylic acid groups (broad SMARTS) is 1. The molecule has 0 saturated carbocycles. The van der Waals surface area contributed by atoms with Crippen LogP contribution in [-0.2, 0) is 10.0 Å². The van der Waals surface area contributed by atoms with Crippen LogP contribution >= 0.6 is 11.3 Å². The Balaban J connectivity index is 2.55. The van der Waals surface area contributed by atoms with Crippen LogP contribution in [0.15, 0.2) is 33.9 Å². The van der Waals surface area contributed by atoms with Gasteiger partial charge in [0.25, 0.3) is 10.0 Å². The maximum atomic E-state index is 13.8. The van der Waals surface area contributed by atoms with Crippen LogP contribution in [0.3, 0.4) is 0 Å². The highest BCUT2D eigenvalue weighted by Gasteiger charge is 2.23. The third-order valence-electron chi connectivity index (χ3n) is 2.62. The quantitative estimate of drug-likeness (QED) is 0.908. The lowest BCUT2D eigenvalue weighted by molar-refractivity contribution is 0.0697.